The fourth-order valence-electron chi connectivity index (χ4n) is 3.13. The van der Waals surface area contributed by atoms with Crippen molar-refractivity contribution < 1.29 is 18.7 Å². The van der Waals surface area contributed by atoms with Gasteiger partial charge in [0, 0.05) is 31.7 Å². The highest BCUT2D eigenvalue weighted by Crippen LogP contribution is 2.18. The van der Waals surface area contributed by atoms with Gasteiger partial charge in [0.25, 0.3) is 11.8 Å². The molecule has 2 aromatic carbocycles. The third kappa shape index (κ3) is 4.64. The van der Waals surface area contributed by atoms with Gasteiger partial charge in [0.05, 0.1) is 0 Å². The zero-order valence-electron chi connectivity index (χ0n) is 15.4. The van der Waals surface area contributed by atoms with Gasteiger partial charge in [0.2, 0.25) is 0 Å². The standard InChI is InChI=1S/C21H23FN2O3/c1-2-16-6-3-4-9-19(16)27-15-20(25)23-10-12-24(13-11-23)21(26)17-7-5-8-18(22)14-17/h3-9,14H,2,10-13,15H2,1H3. The second-order valence-electron chi connectivity index (χ2n) is 6.43. The Morgan fingerprint density at radius 3 is 2.41 bits per heavy atom. The number of hydrogen-bond donors (Lipinski definition) is 0. The predicted molar refractivity (Wildman–Crippen MR) is 100 cm³/mol. The number of carbonyl (C=O) groups is 2. The maximum atomic E-state index is 13.3. The summed E-state index contributed by atoms with van der Waals surface area (Å²) in [7, 11) is 0. The first-order chi connectivity index (χ1) is 13.1. The Labute approximate surface area is 158 Å². The molecule has 1 saturated heterocycles. The zero-order valence-corrected chi connectivity index (χ0v) is 15.4. The fraction of sp³-hybridized carbons (Fsp3) is 0.333. The number of aryl methyl sites for hydroxylation is 1. The molecule has 2 amide bonds. The molecule has 0 N–H and O–H groups in total. The van der Waals surface area contributed by atoms with Crippen LogP contribution in [0.2, 0.25) is 0 Å². The number of ether oxygens (including phenoxy) is 1. The van der Waals surface area contributed by atoms with Crippen LogP contribution in [0.3, 0.4) is 0 Å². The van der Waals surface area contributed by atoms with Crippen LogP contribution >= 0.6 is 0 Å². The molecule has 0 saturated carbocycles. The van der Waals surface area contributed by atoms with Crippen molar-refractivity contribution in [3.8, 4) is 5.75 Å². The van der Waals surface area contributed by atoms with Crippen molar-refractivity contribution in [2.24, 2.45) is 0 Å². The van der Waals surface area contributed by atoms with E-state index < -0.39 is 5.82 Å². The molecule has 0 unspecified atom stereocenters. The molecule has 5 nitrogen and oxygen atoms in total. The highest BCUT2D eigenvalue weighted by atomic mass is 19.1. The van der Waals surface area contributed by atoms with E-state index in [2.05, 4.69) is 0 Å². The van der Waals surface area contributed by atoms with Gasteiger partial charge in [-0.25, -0.2) is 4.39 Å². The molecule has 0 radical (unpaired) electrons. The number of para-hydroxylation sites is 1. The Morgan fingerprint density at radius 2 is 1.70 bits per heavy atom. The molecule has 1 aliphatic heterocycles. The number of halogens is 1. The van der Waals surface area contributed by atoms with Crippen molar-refractivity contribution in [2.45, 2.75) is 13.3 Å². The maximum Gasteiger partial charge on any atom is 0.260 e. The van der Waals surface area contributed by atoms with Crippen LogP contribution < -0.4 is 4.74 Å². The van der Waals surface area contributed by atoms with E-state index in [0.717, 1.165) is 17.7 Å². The molecular formula is C21H23FN2O3. The highest BCUT2D eigenvalue weighted by molar-refractivity contribution is 5.94. The van der Waals surface area contributed by atoms with E-state index in [1.807, 2.05) is 31.2 Å². The first kappa shape index (κ1) is 18.9. The Kier molecular flexibility index (Phi) is 6.06. The van der Waals surface area contributed by atoms with Crippen LogP contribution in [0, 0.1) is 5.82 Å². The van der Waals surface area contributed by atoms with Crippen molar-refractivity contribution in [3.05, 3.63) is 65.5 Å². The molecule has 6 heteroatoms. The van der Waals surface area contributed by atoms with E-state index in [1.165, 1.54) is 18.2 Å². The lowest BCUT2D eigenvalue weighted by Crippen LogP contribution is -2.51. The molecule has 2 aromatic rings. The summed E-state index contributed by atoms with van der Waals surface area (Å²) in [5, 5.41) is 0. The van der Waals surface area contributed by atoms with E-state index in [-0.39, 0.29) is 18.4 Å². The molecule has 0 bridgehead atoms. The number of benzene rings is 2. The summed E-state index contributed by atoms with van der Waals surface area (Å²) >= 11 is 0. The predicted octanol–water partition coefficient (Wildman–Crippen LogP) is 2.75. The summed E-state index contributed by atoms with van der Waals surface area (Å²) in [5.74, 6) is -0.0130. The highest BCUT2D eigenvalue weighted by Gasteiger charge is 2.25. The number of nitrogens with zero attached hydrogens (tertiary/aromatic N) is 2. The van der Waals surface area contributed by atoms with Crippen LogP contribution in [0.15, 0.2) is 48.5 Å². The van der Waals surface area contributed by atoms with Gasteiger partial charge in [-0.1, -0.05) is 31.2 Å². The summed E-state index contributed by atoms with van der Waals surface area (Å²) in [6.07, 6.45) is 0.839. The Morgan fingerprint density at radius 1 is 1.00 bits per heavy atom. The Balaban J connectivity index is 1.51. The van der Waals surface area contributed by atoms with Gasteiger partial charge in [-0.3, -0.25) is 9.59 Å². The third-order valence-electron chi connectivity index (χ3n) is 4.70. The van der Waals surface area contributed by atoms with Crippen LogP contribution in [-0.2, 0) is 11.2 Å². The molecule has 0 spiro atoms. The normalized spacial score (nSPS) is 14.1. The summed E-state index contributed by atoms with van der Waals surface area (Å²) in [6.45, 7) is 3.75. The van der Waals surface area contributed by atoms with E-state index in [1.54, 1.807) is 15.9 Å². The molecule has 0 atom stereocenters. The van der Waals surface area contributed by atoms with Gasteiger partial charge in [0.15, 0.2) is 6.61 Å². The molecule has 0 aliphatic carbocycles. The topological polar surface area (TPSA) is 49.9 Å². The van der Waals surface area contributed by atoms with Crippen LogP contribution in [-0.4, -0.2) is 54.4 Å². The van der Waals surface area contributed by atoms with Crippen LogP contribution in [0.5, 0.6) is 5.75 Å². The molecule has 1 aliphatic rings. The second-order valence-corrected chi connectivity index (χ2v) is 6.43. The van der Waals surface area contributed by atoms with Crippen molar-refractivity contribution >= 4 is 11.8 Å². The van der Waals surface area contributed by atoms with Gasteiger partial charge in [-0.15, -0.1) is 0 Å². The van der Waals surface area contributed by atoms with Gasteiger partial charge in [-0.05, 0) is 36.2 Å². The largest absolute Gasteiger partial charge is 0.483 e. The summed E-state index contributed by atoms with van der Waals surface area (Å²) < 4.78 is 19.0. The van der Waals surface area contributed by atoms with Crippen LogP contribution in [0.25, 0.3) is 0 Å². The van der Waals surface area contributed by atoms with Crippen molar-refractivity contribution in [1.29, 1.82) is 0 Å². The summed E-state index contributed by atoms with van der Waals surface area (Å²) in [4.78, 5) is 28.2. The van der Waals surface area contributed by atoms with Gasteiger partial charge < -0.3 is 14.5 Å². The monoisotopic (exact) mass is 370 g/mol. The lowest BCUT2D eigenvalue weighted by Gasteiger charge is -2.34. The number of rotatable bonds is 5. The summed E-state index contributed by atoms with van der Waals surface area (Å²) in [6, 6.07) is 13.3. The molecular weight excluding hydrogens is 347 g/mol. The van der Waals surface area contributed by atoms with Crippen LogP contribution in [0.1, 0.15) is 22.8 Å². The lowest BCUT2D eigenvalue weighted by atomic mass is 10.1. The van der Waals surface area contributed by atoms with Gasteiger partial charge in [0.1, 0.15) is 11.6 Å². The van der Waals surface area contributed by atoms with E-state index >= 15 is 0 Å². The molecule has 27 heavy (non-hydrogen) atoms. The summed E-state index contributed by atoms with van der Waals surface area (Å²) in [5.41, 5.74) is 1.39. The minimum atomic E-state index is -0.431. The van der Waals surface area contributed by atoms with E-state index in [0.29, 0.717) is 31.7 Å². The number of amides is 2. The number of carbonyl (C=O) groups excluding carboxylic acids is 2. The molecule has 142 valence electrons. The first-order valence-corrected chi connectivity index (χ1v) is 9.12. The average molecular weight is 370 g/mol. The molecule has 1 heterocycles. The van der Waals surface area contributed by atoms with E-state index in [9.17, 15) is 14.0 Å². The number of piperazine rings is 1. The van der Waals surface area contributed by atoms with Crippen molar-refractivity contribution in [2.75, 3.05) is 32.8 Å². The third-order valence-corrected chi connectivity index (χ3v) is 4.70. The smallest absolute Gasteiger partial charge is 0.260 e. The minimum absolute atomic E-state index is 0.0190. The van der Waals surface area contributed by atoms with Crippen molar-refractivity contribution in [1.82, 2.24) is 9.80 Å². The van der Waals surface area contributed by atoms with Crippen LogP contribution in [0.4, 0.5) is 4.39 Å². The van der Waals surface area contributed by atoms with Gasteiger partial charge in [-0.2, -0.15) is 0 Å². The SMILES string of the molecule is CCc1ccccc1OCC(=O)N1CCN(C(=O)c2cccc(F)c2)CC1. The van der Waals surface area contributed by atoms with E-state index in [4.69, 9.17) is 4.74 Å². The van der Waals surface area contributed by atoms with Crippen molar-refractivity contribution in [3.63, 3.8) is 0 Å². The van der Waals surface area contributed by atoms with Gasteiger partial charge >= 0.3 is 0 Å². The second kappa shape index (κ2) is 8.66. The first-order valence-electron chi connectivity index (χ1n) is 9.12. The molecule has 0 aromatic heterocycles. The molecule has 3 rings (SSSR count). The minimum Gasteiger partial charge on any atom is -0.483 e. The Bertz CT molecular complexity index is 817. The zero-order chi connectivity index (χ0) is 19.2. The Hall–Kier alpha value is -2.89. The average Bonchev–Trinajstić information content (AvgIpc) is 2.71. The maximum absolute atomic E-state index is 13.3. The number of hydrogen-bond acceptors (Lipinski definition) is 3. The quantitative estimate of drug-likeness (QED) is 0.813. The lowest BCUT2D eigenvalue weighted by molar-refractivity contribution is -0.134. The molecule has 1 fully saturated rings. The fourth-order valence-corrected chi connectivity index (χ4v) is 3.13.